The van der Waals surface area contributed by atoms with E-state index in [9.17, 15) is 8.42 Å². The maximum Gasteiger partial charge on any atom is 0.280 e. The highest BCUT2D eigenvalue weighted by molar-refractivity contribution is 7.89. The molecule has 3 aromatic rings. The summed E-state index contributed by atoms with van der Waals surface area (Å²) < 4.78 is 27.5. The Morgan fingerprint density at radius 2 is 1.50 bits per heavy atom. The molecule has 0 amide bonds. The molecule has 0 bridgehead atoms. The first-order valence-electron chi connectivity index (χ1n) is 8.63. The molecule has 4 rings (SSSR count). The van der Waals surface area contributed by atoms with Crippen molar-refractivity contribution >= 4 is 38.9 Å². The first kappa shape index (κ1) is 19.0. The van der Waals surface area contributed by atoms with Crippen LogP contribution in [0.3, 0.4) is 0 Å². The van der Waals surface area contributed by atoms with Crippen molar-refractivity contribution in [1.82, 2.24) is 4.41 Å². The molecule has 0 N–H and O–H groups in total. The van der Waals surface area contributed by atoms with E-state index in [0.29, 0.717) is 10.7 Å². The van der Waals surface area contributed by atoms with Crippen molar-refractivity contribution in [3.05, 3.63) is 100 Å². The summed E-state index contributed by atoms with van der Waals surface area (Å²) in [5.74, 6) is -0.195. The standard InChI is InChI=1S/C21H16Cl2N2O2S/c22-17-12-10-16(11-13-17)21-18(15-6-2-1-3-7-15)14-25(24-21)28(26,27)20-9-5-4-8-19(20)23/h1-13,18H,14H2. The largest absolute Gasteiger partial charge is 0.280 e. The zero-order valence-electron chi connectivity index (χ0n) is 14.7. The summed E-state index contributed by atoms with van der Waals surface area (Å²) in [5, 5.41) is 5.28. The monoisotopic (exact) mass is 430 g/mol. The van der Waals surface area contributed by atoms with Gasteiger partial charge in [-0.05, 0) is 35.4 Å². The lowest BCUT2D eigenvalue weighted by atomic mass is 9.91. The lowest BCUT2D eigenvalue weighted by Gasteiger charge is -2.17. The molecular weight excluding hydrogens is 415 g/mol. The van der Waals surface area contributed by atoms with Crippen LogP contribution < -0.4 is 0 Å². The van der Waals surface area contributed by atoms with Gasteiger partial charge >= 0.3 is 0 Å². The Balaban J connectivity index is 1.80. The van der Waals surface area contributed by atoms with Crippen LogP contribution in [0.5, 0.6) is 0 Å². The molecule has 28 heavy (non-hydrogen) atoms. The van der Waals surface area contributed by atoms with Gasteiger partial charge in [0, 0.05) is 10.9 Å². The van der Waals surface area contributed by atoms with Crippen LogP contribution in [0.25, 0.3) is 0 Å². The summed E-state index contributed by atoms with van der Waals surface area (Å²) >= 11 is 12.2. The molecule has 3 aromatic carbocycles. The van der Waals surface area contributed by atoms with Crippen LogP contribution in [0.15, 0.2) is 88.9 Å². The average molecular weight is 431 g/mol. The second-order valence-electron chi connectivity index (χ2n) is 6.40. The van der Waals surface area contributed by atoms with Gasteiger partial charge < -0.3 is 0 Å². The third kappa shape index (κ3) is 3.53. The molecule has 1 aliphatic heterocycles. The minimum Gasteiger partial charge on any atom is -0.200 e. The Hall–Kier alpha value is -2.34. The molecule has 0 aromatic heterocycles. The van der Waals surface area contributed by atoms with Crippen LogP contribution in [0.4, 0.5) is 0 Å². The fourth-order valence-corrected chi connectivity index (χ4v) is 5.11. The highest BCUT2D eigenvalue weighted by atomic mass is 35.5. The molecule has 0 aliphatic carbocycles. The Bertz CT molecular complexity index is 1130. The Labute approximate surface area is 174 Å². The summed E-state index contributed by atoms with van der Waals surface area (Å²) in [6.07, 6.45) is 0. The number of rotatable bonds is 4. The number of hydrogen-bond acceptors (Lipinski definition) is 3. The molecule has 1 unspecified atom stereocenters. The van der Waals surface area contributed by atoms with Crippen molar-refractivity contribution < 1.29 is 8.42 Å². The van der Waals surface area contributed by atoms with Crippen LogP contribution in [-0.4, -0.2) is 25.1 Å². The van der Waals surface area contributed by atoms with Crippen molar-refractivity contribution in [1.29, 1.82) is 0 Å². The van der Waals surface area contributed by atoms with Crippen LogP contribution >= 0.6 is 23.2 Å². The zero-order chi connectivity index (χ0) is 19.7. The average Bonchev–Trinajstić information content (AvgIpc) is 3.16. The summed E-state index contributed by atoms with van der Waals surface area (Å²) in [4.78, 5) is 0.0459. The number of sulfonamides is 1. The van der Waals surface area contributed by atoms with Gasteiger partial charge in [0.1, 0.15) is 4.90 Å². The van der Waals surface area contributed by atoms with Gasteiger partial charge in [0.25, 0.3) is 10.0 Å². The molecule has 0 fully saturated rings. The molecule has 7 heteroatoms. The van der Waals surface area contributed by atoms with Crippen LogP contribution in [0.1, 0.15) is 17.0 Å². The fourth-order valence-electron chi connectivity index (χ4n) is 3.22. The maximum atomic E-state index is 13.2. The van der Waals surface area contributed by atoms with Gasteiger partial charge in [-0.25, -0.2) is 0 Å². The van der Waals surface area contributed by atoms with Crippen LogP contribution in [0.2, 0.25) is 10.0 Å². The highest BCUT2D eigenvalue weighted by Gasteiger charge is 2.36. The van der Waals surface area contributed by atoms with Crippen molar-refractivity contribution in [3.63, 3.8) is 0 Å². The van der Waals surface area contributed by atoms with E-state index >= 15 is 0 Å². The molecule has 4 nitrogen and oxygen atoms in total. The second-order valence-corrected chi connectivity index (χ2v) is 9.05. The highest BCUT2D eigenvalue weighted by Crippen LogP contribution is 2.34. The van der Waals surface area contributed by atoms with Crippen LogP contribution in [0, 0.1) is 0 Å². The third-order valence-corrected chi connectivity index (χ3v) is 7.01. The summed E-state index contributed by atoms with van der Waals surface area (Å²) in [5.41, 5.74) is 2.50. The van der Waals surface area contributed by atoms with Gasteiger partial charge in [-0.1, -0.05) is 77.8 Å². The molecule has 0 radical (unpaired) electrons. The molecule has 0 saturated heterocycles. The van der Waals surface area contributed by atoms with Gasteiger partial charge in [0.15, 0.2) is 0 Å². The predicted octanol–water partition coefficient (Wildman–Crippen LogP) is 5.19. The van der Waals surface area contributed by atoms with E-state index in [-0.39, 0.29) is 22.4 Å². The minimum absolute atomic E-state index is 0.0459. The van der Waals surface area contributed by atoms with Gasteiger partial charge in [-0.2, -0.15) is 17.9 Å². The quantitative estimate of drug-likeness (QED) is 0.571. The normalized spacial score (nSPS) is 16.9. The van der Waals surface area contributed by atoms with Crippen molar-refractivity contribution in [3.8, 4) is 0 Å². The van der Waals surface area contributed by atoms with Gasteiger partial charge in [-0.15, -0.1) is 0 Å². The molecule has 142 valence electrons. The lowest BCUT2D eigenvalue weighted by molar-refractivity contribution is 0.451. The van der Waals surface area contributed by atoms with E-state index < -0.39 is 10.0 Å². The molecular formula is C21H16Cl2N2O2S. The Morgan fingerprint density at radius 1 is 0.857 bits per heavy atom. The molecule has 0 saturated carbocycles. The van der Waals surface area contributed by atoms with Crippen molar-refractivity contribution in [2.24, 2.45) is 5.10 Å². The molecule has 0 spiro atoms. The number of hydrogen-bond donors (Lipinski definition) is 0. The number of hydrazone groups is 1. The predicted molar refractivity (Wildman–Crippen MR) is 113 cm³/mol. The van der Waals surface area contributed by atoms with Crippen LogP contribution in [-0.2, 0) is 10.0 Å². The molecule has 1 atom stereocenters. The first-order chi connectivity index (χ1) is 13.5. The summed E-state index contributed by atoms with van der Waals surface area (Å²) in [6, 6.07) is 23.4. The van der Waals surface area contributed by atoms with E-state index in [1.807, 2.05) is 42.5 Å². The summed E-state index contributed by atoms with van der Waals surface area (Å²) in [6.45, 7) is 0.204. The zero-order valence-corrected chi connectivity index (χ0v) is 17.0. The van der Waals surface area contributed by atoms with Gasteiger partial charge in [0.05, 0.1) is 17.3 Å². The second kappa shape index (κ2) is 7.59. The Kier molecular flexibility index (Phi) is 5.15. The van der Waals surface area contributed by atoms with Crippen molar-refractivity contribution in [2.75, 3.05) is 6.54 Å². The van der Waals surface area contributed by atoms with E-state index in [1.54, 1.807) is 30.3 Å². The fraction of sp³-hybridized carbons (Fsp3) is 0.0952. The third-order valence-electron chi connectivity index (χ3n) is 4.62. The number of nitrogens with zero attached hydrogens (tertiary/aromatic N) is 2. The topological polar surface area (TPSA) is 49.7 Å². The van der Waals surface area contributed by atoms with E-state index in [4.69, 9.17) is 23.2 Å². The van der Waals surface area contributed by atoms with E-state index in [0.717, 1.165) is 15.5 Å². The smallest absolute Gasteiger partial charge is 0.200 e. The first-order valence-corrected chi connectivity index (χ1v) is 10.8. The number of halogens is 2. The van der Waals surface area contributed by atoms with E-state index in [1.165, 1.54) is 6.07 Å². The molecule has 1 heterocycles. The number of benzene rings is 3. The molecule has 1 aliphatic rings. The van der Waals surface area contributed by atoms with Crippen molar-refractivity contribution in [2.45, 2.75) is 10.8 Å². The summed E-state index contributed by atoms with van der Waals surface area (Å²) in [7, 11) is -3.87. The van der Waals surface area contributed by atoms with E-state index in [2.05, 4.69) is 5.10 Å². The maximum absolute atomic E-state index is 13.2. The SMILES string of the molecule is O=S(=O)(c1ccccc1Cl)N1CC(c2ccccc2)C(c2ccc(Cl)cc2)=N1. The van der Waals surface area contributed by atoms with Gasteiger partial charge in [-0.3, -0.25) is 0 Å². The minimum atomic E-state index is -3.87. The Morgan fingerprint density at radius 3 is 2.18 bits per heavy atom. The van der Waals surface area contributed by atoms with Gasteiger partial charge in [0.2, 0.25) is 0 Å². The lowest BCUT2D eigenvalue weighted by Crippen LogP contribution is -2.26.